The molecule has 1 aliphatic heterocycles. The number of hydrogen-bond acceptors (Lipinski definition) is 3. The number of hydrogen-bond donors (Lipinski definition) is 1. The zero-order chi connectivity index (χ0) is 13.6. The molecule has 0 aromatic carbocycles. The predicted molar refractivity (Wildman–Crippen MR) is 60.2 cm³/mol. The molecule has 1 fully saturated rings. The van der Waals surface area contributed by atoms with E-state index in [4.69, 9.17) is 0 Å². The molecule has 0 aromatic heterocycles. The summed E-state index contributed by atoms with van der Waals surface area (Å²) >= 11 is 0. The summed E-state index contributed by atoms with van der Waals surface area (Å²) < 4.78 is 40.1. The lowest BCUT2D eigenvalue weighted by molar-refractivity contribution is -0.178. The number of nitrogens with one attached hydrogen (secondary N) is 1. The van der Waals surface area contributed by atoms with Crippen molar-refractivity contribution in [3.05, 3.63) is 0 Å². The van der Waals surface area contributed by atoms with Gasteiger partial charge in [-0.2, -0.15) is 13.2 Å². The Hall–Kier alpha value is -0.820. The van der Waals surface area contributed by atoms with Crippen molar-refractivity contribution < 1.29 is 22.7 Å². The van der Waals surface area contributed by atoms with Crippen LogP contribution in [-0.2, 0) is 9.53 Å². The first kappa shape index (κ1) is 15.2. The van der Waals surface area contributed by atoms with Crippen LogP contribution in [0.15, 0.2) is 0 Å². The second-order valence-corrected chi connectivity index (χ2v) is 4.34. The average molecular weight is 268 g/mol. The Labute approximate surface area is 104 Å². The van der Waals surface area contributed by atoms with Crippen molar-refractivity contribution >= 4 is 5.91 Å². The van der Waals surface area contributed by atoms with Crippen LogP contribution in [0.1, 0.15) is 19.8 Å². The highest BCUT2D eigenvalue weighted by atomic mass is 19.4. The highest BCUT2D eigenvalue weighted by molar-refractivity contribution is 5.77. The topological polar surface area (TPSA) is 41.6 Å². The lowest BCUT2D eigenvalue weighted by Crippen LogP contribution is -2.44. The molecule has 1 rings (SSSR count). The Bertz CT molecular complexity index is 266. The maximum absolute atomic E-state index is 11.9. The minimum Gasteiger partial charge on any atom is -0.362 e. The van der Waals surface area contributed by atoms with Gasteiger partial charge in [-0.3, -0.25) is 4.79 Å². The van der Waals surface area contributed by atoms with Crippen molar-refractivity contribution in [2.45, 2.75) is 32.0 Å². The van der Waals surface area contributed by atoms with E-state index in [1.807, 2.05) is 6.92 Å². The average Bonchev–Trinajstić information content (AvgIpc) is 2.77. The first-order valence-corrected chi connectivity index (χ1v) is 6.08. The fourth-order valence-corrected chi connectivity index (χ4v) is 1.99. The van der Waals surface area contributed by atoms with Gasteiger partial charge in [0, 0.05) is 19.1 Å². The van der Waals surface area contributed by atoms with E-state index in [0.717, 1.165) is 19.4 Å². The molecule has 18 heavy (non-hydrogen) atoms. The van der Waals surface area contributed by atoms with Crippen molar-refractivity contribution in [1.82, 2.24) is 10.2 Å². The van der Waals surface area contributed by atoms with Gasteiger partial charge in [0.15, 0.2) is 0 Å². The van der Waals surface area contributed by atoms with Gasteiger partial charge in [-0.05, 0) is 19.4 Å². The molecule has 1 N–H and O–H groups in total. The van der Waals surface area contributed by atoms with Gasteiger partial charge in [-0.1, -0.05) is 6.92 Å². The van der Waals surface area contributed by atoms with Crippen LogP contribution in [0, 0.1) is 0 Å². The molecule has 1 unspecified atom stereocenters. The predicted octanol–water partition coefficient (Wildman–Crippen LogP) is 1.17. The van der Waals surface area contributed by atoms with Crippen molar-refractivity contribution in [3.63, 3.8) is 0 Å². The Morgan fingerprint density at radius 3 is 2.72 bits per heavy atom. The number of carbonyl (C=O) groups excluding carboxylic acids is 1. The minimum atomic E-state index is -4.38. The van der Waals surface area contributed by atoms with E-state index in [0.29, 0.717) is 13.1 Å². The number of alkyl halides is 3. The third-order valence-corrected chi connectivity index (χ3v) is 2.75. The van der Waals surface area contributed by atoms with E-state index in [1.54, 1.807) is 4.90 Å². The number of halogens is 3. The van der Waals surface area contributed by atoms with Crippen LogP contribution in [-0.4, -0.2) is 55.9 Å². The summed E-state index contributed by atoms with van der Waals surface area (Å²) in [6.07, 6.45) is -2.77. The second-order valence-electron chi connectivity index (χ2n) is 4.34. The summed E-state index contributed by atoms with van der Waals surface area (Å²) in [4.78, 5) is 13.4. The summed E-state index contributed by atoms with van der Waals surface area (Å²) in [5, 5.41) is 3.13. The van der Waals surface area contributed by atoms with Gasteiger partial charge in [-0.15, -0.1) is 0 Å². The Morgan fingerprint density at radius 1 is 1.50 bits per heavy atom. The van der Waals surface area contributed by atoms with Crippen molar-refractivity contribution in [2.24, 2.45) is 0 Å². The molecule has 1 amide bonds. The van der Waals surface area contributed by atoms with Crippen LogP contribution < -0.4 is 5.32 Å². The monoisotopic (exact) mass is 268 g/mol. The molecule has 1 heterocycles. The number of amides is 1. The first-order chi connectivity index (χ1) is 8.44. The molecule has 0 aromatic rings. The Kier molecular flexibility index (Phi) is 5.87. The van der Waals surface area contributed by atoms with Crippen molar-refractivity contribution in [2.75, 3.05) is 32.8 Å². The number of rotatable bonds is 6. The van der Waals surface area contributed by atoms with Crippen LogP contribution >= 0.6 is 0 Å². The third-order valence-electron chi connectivity index (χ3n) is 2.75. The molecule has 0 bridgehead atoms. The highest BCUT2D eigenvalue weighted by Gasteiger charge is 2.30. The molecule has 0 radical (unpaired) electrons. The van der Waals surface area contributed by atoms with Gasteiger partial charge in [0.2, 0.25) is 5.91 Å². The van der Waals surface area contributed by atoms with Gasteiger partial charge in [0.25, 0.3) is 0 Å². The zero-order valence-corrected chi connectivity index (χ0v) is 10.4. The molecule has 0 saturated carbocycles. The van der Waals surface area contributed by atoms with Crippen LogP contribution in [0.3, 0.4) is 0 Å². The lowest BCUT2D eigenvalue weighted by Gasteiger charge is -2.28. The number of nitrogens with zero attached hydrogens (tertiary/aromatic N) is 1. The van der Waals surface area contributed by atoms with Crippen LogP contribution in [0.25, 0.3) is 0 Å². The Morgan fingerprint density at radius 2 is 2.22 bits per heavy atom. The van der Waals surface area contributed by atoms with Gasteiger partial charge in [-0.25, -0.2) is 0 Å². The molecular weight excluding hydrogens is 249 g/mol. The van der Waals surface area contributed by atoms with Gasteiger partial charge >= 0.3 is 6.18 Å². The van der Waals surface area contributed by atoms with Crippen LogP contribution in [0.2, 0.25) is 0 Å². The van der Waals surface area contributed by atoms with E-state index in [9.17, 15) is 18.0 Å². The highest BCUT2D eigenvalue weighted by Crippen LogP contribution is 2.15. The smallest absolute Gasteiger partial charge is 0.362 e. The quantitative estimate of drug-likeness (QED) is 0.786. The summed E-state index contributed by atoms with van der Waals surface area (Å²) in [5.41, 5.74) is 0. The second kappa shape index (κ2) is 6.94. The van der Waals surface area contributed by atoms with E-state index in [-0.39, 0.29) is 11.9 Å². The fraction of sp³-hybridized carbons (Fsp3) is 0.909. The molecule has 1 saturated heterocycles. The van der Waals surface area contributed by atoms with Gasteiger partial charge in [0.1, 0.15) is 13.2 Å². The Balaban J connectivity index is 2.39. The molecule has 4 nitrogen and oxygen atoms in total. The van der Waals surface area contributed by atoms with Crippen molar-refractivity contribution in [3.8, 4) is 0 Å². The number of carbonyl (C=O) groups is 1. The first-order valence-electron chi connectivity index (χ1n) is 6.08. The van der Waals surface area contributed by atoms with Gasteiger partial charge in [0.05, 0.1) is 0 Å². The van der Waals surface area contributed by atoms with Crippen LogP contribution in [0.5, 0.6) is 0 Å². The summed E-state index contributed by atoms with van der Waals surface area (Å²) in [5.74, 6) is -0.366. The van der Waals surface area contributed by atoms with Crippen molar-refractivity contribution in [1.29, 1.82) is 0 Å². The van der Waals surface area contributed by atoms with Gasteiger partial charge < -0.3 is 15.0 Å². The minimum absolute atomic E-state index is 0.0759. The molecule has 1 atom stereocenters. The largest absolute Gasteiger partial charge is 0.411 e. The lowest BCUT2D eigenvalue weighted by atomic mass is 10.2. The summed E-state index contributed by atoms with van der Waals surface area (Å²) in [6.45, 7) is 2.14. The maximum Gasteiger partial charge on any atom is 0.411 e. The summed E-state index contributed by atoms with van der Waals surface area (Å²) in [6, 6.07) is 0.0759. The third kappa shape index (κ3) is 5.22. The maximum atomic E-state index is 11.9. The summed E-state index contributed by atoms with van der Waals surface area (Å²) in [7, 11) is 0. The SMILES string of the molecule is CCCN(C(=O)COCC(F)(F)F)C1CCNC1. The molecule has 0 aliphatic carbocycles. The van der Waals surface area contributed by atoms with E-state index in [2.05, 4.69) is 10.1 Å². The zero-order valence-electron chi connectivity index (χ0n) is 10.4. The van der Waals surface area contributed by atoms with E-state index >= 15 is 0 Å². The molecule has 106 valence electrons. The molecule has 1 aliphatic rings. The molecular formula is C11H19F3N2O2. The normalized spacial score (nSPS) is 20.1. The standard InChI is InChI=1S/C11H19F3N2O2/c1-2-5-16(9-3-4-15-6-9)10(17)7-18-8-11(12,13)14/h9,15H,2-8H2,1H3. The van der Waals surface area contributed by atoms with Crippen LogP contribution in [0.4, 0.5) is 13.2 Å². The number of ether oxygens (including phenoxy) is 1. The van der Waals surface area contributed by atoms with E-state index in [1.165, 1.54) is 0 Å². The fourth-order valence-electron chi connectivity index (χ4n) is 1.99. The molecule has 7 heteroatoms. The van der Waals surface area contributed by atoms with E-state index < -0.39 is 19.4 Å². The molecule has 0 spiro atoms.